The van der Waals surface area contributed by atoms with E-state index in [0.29, 0.717) is 10.6 Å². The zero-order valence-corrected chi connectivity index (χ0v) is 11.5. The second-order valence-electron chi connectivity index (χ2n) is 3.73. The summed E-state index contributed by atoms with van der Waals surface area (Å²) in [7, 11) is -7.30. The third kappa shape index (κ3) is 2.82. The standard InChI is InChI=1S/C11H9ClO4S2/c12-10-4-2-9(3-5-10)11-8-17(13,14)6-1-7-18(11,15)16/h1-6,8H,7H2. The van der Waals surface area contributed by atoms with E-state index in [4.69, 9.17) is 11.6 Å². The number of sulfone groups is 2. The van der Waals surface area contributed by atoms with Crippen molar-refractivity contribution < 1.29 is 16.8 Å². The van der Waals surface area contributed by atoms with Gasteiger partial charge in [-0.25, -0.2) is 16.8 Å². The molecule has 18 heavy (non-hydrogen) atoms. The quantitative estimate of drug-likeness (QED) is 0.796. The van der Waals surface area contributed by atoms with Gasteiger partial charge in [0.1, 0.15) is 0 Å². The van der Waals surface area contributed by atoms with Crippen molar-refractivity contribution in [1.82, 2.24) is 0 Å². The van der Waals surface area contributed by atoms with E-state index >= 15 is 0 Å². The van der Waals surface area contributed by atoms with Gasteiger partial charge in [0.15, 0.2) is 19.7 Å². The zero-order valence-electron chi connectivity index (χ0n) is 9.08. The number of hydrogen-bond acceptors (Lipinski definition) is 4. The van der Waals surface area contributed by atoms with Gasteiger partial charge in [-0.3, -0.25) is 0 Å². The van der Waals surface area contributed by atoms with Crippen molar-refractivity contribution in [3.63, 3.8) is 0 Å². The lowest BCUT2D eigenvalue weighted by Crippen LogP contribution is -2.06. The Kier molecular flexibility index (Phi) is 3.35. The highest BCUT2D eigenvalue weighted by Gasteiger charge is 2.23. The molecule has 0 aliphatic carbocycles. The molecule has 96 valence electrons. The van der Waals surface area contributed by atoms with Crippen molar-refractivity contribution in [3.8, 4) is 0 Å². The van der Waals surface area contributed by atoms with E-state index in [9.17, 15) is 16.8 Å². The predicted molar refractivity (Wildman–Crippen MR) is 71.3 cm³/mol. The molecule has 7 heteroatoms. The minimum Gasteiger partial charge on any atom is -0.223 e. The van der Waals surface area contributed by atoms with E-state index in [-0.39, 0.29) is 10.7 Å². The van der Waals surface area contributed by atoms with Crippen LogP contribution in [0.15, 0.2) is 41.2 Å². The summed E-state index contributed by atoms with van der Waals surface area (Å²) in [6.45, 7) is 0. The van der Waals surface area contributed by atoms with Gasteiger partial charge in [0.2, 0.25) is 0 Å². The van der Waals surface area contributed by atoms with Crippen molar-refractivity contribution in [2.24, 2.45) is 0 Å². The molecule has 0 aromatic heterocycles. The molecular weight excluding hydrogens is 296 g/mol. The first kappa shape index (κ1) is 13.3. The third-order valence-electron chi connectivity index (χ3n) is 2.34. The molecule has 2 rings (SSSR count). The molecule has 0 atom stereocenters. The minimum absolute atomic E-state index is 0.204. The summed E-state index contributed by atoms with van der Waals surface area (Å²) in [6.07, 6.45) is 1.13. The predicted octanol–water partition coefficient (Wildman–Crippen LogP) is 2.00. The van der Waals surface area contributed by atoms with Crippen LogP contribution in [0.2, 0.25) is 5.02 Å². The Balaban J connectivity index is 2.66. The smallest absolute Gasteiger partial charge is 0.194 e. The van der Waals surface area contributed by atoms with Crippen molar-refractivity contribution in [2.75, 3.05) is 5.75 Å². The Morgan fingerprint density at radius 3 is 2.22 bits per heavy atom. The van der Waals surface area contributed by atoms with Crippen LogP contribution in [0, 0.1) is 0 Å². The second kappa shape index (κ2) is 4.53. The summed E-state index contributed by atoms with van der Waals surface area (Å²) >= 11 is 5.71. The lowest BCUT2D eigenvalue weighted by Gasteiger charge is -2.06. The summed E-state index contributed by atoms with van der Waals surface area (Å²) in [5.41, 5.74) is 0.312. The number of benzene rings is 1. The topological polar surface area (TPSA) is 68.3 Å². The van der Waals surface area contributed by atoms with E-state index in [1.165, 1.54) is 24.3 Å². The first-order chi connectivity index (χ1) is 8.30. The monoisotopic (exact) mass is 304 g/mol. The average Bonchev–Trinajstić information content (AvgIpc) is 2.36. The lowest BCUT2D eigenvalue weighted by molar-refractivity contribution is 0.607. The Labute approximate surface area is 110 Å². The molecule has 0 amide bonds. The van der Waals surface area contributed by atoms with Crippen LogP contribution in [0.4, 0.5) is 0 Å². The average molecular weight is 305 g/mol. The molecule has 0 bridgehead atoms. The number of halogens is 1. The van der Waals surface area contributed by atoms with Crippen LogP contribution >= 0.6 is 11.6 Å². The van der Waals surface area contributed by atoms with E-state index in [2.05, 4.69) is 0 Å². The Hall–Kier alpha value is -1.11. The summed E-state index contributed by atoms with van der Waals surface area (Å²) in [5.74, 6) is -0.333. The molecule has 0 radical (unpaired) electrons. The maximum Gasteiger partial charge on any atom is 0.194 e. The van der Waals surface area contributed by atoms with Gasteiger partial charge in [-0.05, 0) is 17.7 Å². The van der Waals surface area contributed by atoms with Crippen molar-refractivity contribution >= 4 is 36.2 Å². The van der Waals surface area contributed by atoms with Gasteiger partial charge in [0.25, 0.3) is 0 Å². The highest BCUT2D eigenvalue weighted by Crippen LogP contribution is 2.26. The molecule has 0 unspecified atom stereocenters. The molecule has 0 N–H and O–H groups in total. The van der Waals surface area contributed by atoms with Crippen LogP contribution in [0.5, 0.6) is 0 Å². The van der Waals surface area contributed by atoms with Crippen LogP contribution in [0.25, 0.3) is 4.91 Å². The van der Waals surface area contributed by atoms with Gasteiger partial charge in [0, 0.05) is 10.4 Å². The lowest BCUT2D eigenvalue weighted by atomic mass is 10.2. The molecule has 0 spiro atoms. The summed E-state index contributed by atoms with van der Waals surface area (Å²) < 4.78 is 47.0. The largest absolute Gasteiger partial charge is 0.223 e. The van der Waals surface area contributed by atoms with Gasteiger partial charge < -0.3 is 0 Å². The van der Waals surface area contributed by atoms with Crippen molar-refractivity contribution in [1.29, 1.82) is 0 Å². The summed E-state index contributed by atoms with van der Waals surface area (Å²) in [6, 6.07) is 5.98. The molecule has 4 nitrogen and oxygen atoms in total. The number of hydrogen-bond donors (Lipinski definition) is 0. The molecular formula is C11H9ClO4S2. The van der Waals surface area contributed by atoms with Gasteiger partial charge in [0.05, 0.1) is 16.1 Å². The highest BCUT2D eigenvalue weighted by atomic mass is 35.5. The molecule has 1 heterocycles. The summed E-state index contributed by atoms with van der Waals surface area (Å²) in [5, 5.41) is 2.12. The molecule has 0 saturated heterocycles. The maximum absolute atomic E-state index is 12.0. The van der Waals surface area contributed by atoms with Gasteiger partial charge in [-0.1, -0.05) is 29.8 Å². The van der Waals surface area contributed by atoms with E-state index < -0.39 is 19.7 Å². The number of rotatable bonds is 1. The highest BCUT2D eigenvalue weighted by molar-refractivity contribution is 8.04. The van der Waals surface area contributed by atoms with Gasteiger partial charge in [-0.2, -0.15) is 0 Å². The Bertz CT molecular complexity index is 726. The molecule has 1 aromatic carbocycles. The fourth-order valence-electron chi connectivity index (χ4n) is 1.51. The Morgan fingerprint density at radius 2 is 1.61 bits per heavy atom. The van der Waals surface area contributed by atoms with Crippen LogP contribution in [-0.4, -0.2) is 22.6 Å². The Morgan fingerprint density at radius 1 is 1.00 bits per heavy atom. The molecule has 0 saturated carbocycles. The summed E-state index contributed by atoms with van der Waals surface area (Å²) in [4.78, 5) is -0.204. The fourth-order valence-corrected chi connectivity index (χ4v) is 4.65. The van der Waals surface area contributed by atoms with Crippen LogP contribution in [0.3, 0.4) is 0 Å². The van der Waals surface area contributed by atoms with E-state index in [1.54, 1.807) is 0 Å². The normalized spacial score (nSPS) is 21.1. The molecule has 0 fully saturated rings. The van der Waals surface area contributed by atoms with Crippen LogP contribution in [-0.2, 0) is 19.7 Å². The van der Waals surface area contributed by atoms with Crippen LogP contribution < -0.4 is 0 Å². The zero-order chi connectivity index (χ0) is 13.4. The first-order valence-corrected chi connectivity index (χ1v) is 8.56. The second-order valence-corrected chi connectivity index (χ2v) is 7.86. The third-order valence-corrected chi connectivity index (χ3v) is 5.53. The van der Waals surface area contributed by atoms with E-state index in [0.717, 1.165) is 16.9 Å². The van der Waals surface area contributed by atoms with Crippen LogP contribution in [0.1, 0.15) is 5.56 Å². The maximum atomic E-state index is 12.0. The SMILES string of the molecule is O=S1(=O)C=CCS(=O)(=O)C(c2ccc(Cl)cc2)=C1. The van der Waals surface area contributed by atoms with E-state index in [1.807, 2.05) is 0 Å². The first-order valence-electron chi connectivity index (χ1n) is 4.92. The molecule has 1 aliphatic rings. The minimum atomic E-state index is -3.65. The fraction of sp³-hybridized carbons (Fsp3) is 0.0909. The van der Waals surface area contributed by atoms with Gasteiger partial charge >= 0.3 is 0 Å². The van der Waals surface area contributed by atoms with Gasteiger partial charge in [-0.15, -0.1) is 0 Å². The molecule has 1 aromatic rings. The molecule has 1 aliphatic heterocycles. The van der Waals surface area contributed by atoms with Crippen molar-refractivity contribution in [2.45, 2.75) is 0 Å². The van der Waals surface area contributed by atoms with Crippen molar-refractivity contribution in [3.05, 3.63) is 51.7 Å².